The number of hydrogen-bond donors (Lipinski definition) is 1. The van der Waals surface area contributed by atoms with Crippen molar-refractivity contribution in [1.29, 1.82) is 0 Å². The lowest BCUT2D eigenvalue weighted by Gasteiger charge is -2.17. The molecule has 0 saturated carbocycles. The van der Waals surface area contributed by atoms with Gasteiger partial charge in [-0.3, -0.25) is 4.79 Å². The first kappa shape index (κ1) is 13.7. The smallest absolute Gasteiger partial charge is 0.229 e. The number of carbonyl (C=O) groups is 1. The number of amides is 1. The fourth-order valence-corrected chi connectivity index (χ4v) is 1.73. The van der Waals surface area contributed by atoms with Gasteiger partial charge in [-0.15, -0.1) is 0 Å². The molecule has 0 bridgehead atoms. The summed E-state index contributed by atoms with van der Waals surface area (Å²) in [5.74, 6) is -0.107. The van der Waals surface area contributed by atoms with Gasteiger partial charge in [0.05, 0.1) is 4.90 Å². The van der Waals surface area contributed by atoms with Crippen molar-refractivity contribution in [2.75, 3.05) is 11.6 Å². The van der Waals surface area contributed by atoms with Crippen LogP contribution in [0.4, 0.5) is 5.69 Å². The van der Waals surface area contributed by atoms with E-state index < -0.39 is 15.3 Å². The number of sulfone groups is 1. The summed E-state index contributed by atoms with van der Waals surface area (Å²) in [6.45, 7) is 5.44. The number of rotatable bonds is 2. The number of carbonyl (C=O) groups excluding carboxylic acids is 1. The number of anilines is 1. The fraction of sp³-hybridized carbons (Fsp3) is 0.417. The third-order valence-electron chi connectivity index (χ3n) is 2.22. The number of nitrogens with one attached hydrogen (secondary N) is 1. The van der Waals surface area contributed by atoms with Crippen LogP contribution in [-0.2, 0) is 14.6 Å². The Morgan fingerprint density at radius 3 is 1.94 bits per heavy atom. The molecule has 5 heteroatoms. The second kappa shape index (κ2) is 4.49. The van der Waals surface area contributed by atoms with Crippen LogP contribution in [0, 0.1) is 5.41 Å². The van der Waals surface area contributed by atoms with Gasteiger partial charge in [-0.2, -0.15) is 0 Å². The van der Waals surface area contributed by atoms with Gasteiger partial charge in [-0.05, 0) is 24.3 Å². The molecule has 0 heterocycles. The van der Waals surface area contributed by atoms with Crippen LogP contribution in [0.3, 0.4) is 0 Å². The molecule has 0 unspecified atom stereocenters. The summed E-state index contributed by atoms with van der Waals surface area (Å²) in [7, 11) is -3.19. The second-order valence-corrected chi connectivity index (χ2v) is 7.02. The van der Waals surface area contributed by atoms with E-state index in [-0.39, 0.29) is 10.8 Å². The summed E-state index contributed by atoms with van der Waals surface area (Å²) < 4.78 is 22.5. The summed E-state index contributed by atoms with van der Waals surface area (Å²) >= 11 is 0. The third kappa shape index (κ3) is 3.85. The van der Waals surface area contributed by atoms with Crippen molar-refractivity contribution in [3.63, 3.8) is 0 Å². The van der Waals surface area contributed by atoms with Crippen molar-refractivity contribution < 1.29 is 13.2 Å². The highest BCUT2D eigenvalue weighted by Gasteiger charge is 2.21. The van der Waals surface area contributed by atoms with Crippen LogP contribution in [0.2, 0.25) is 0 Å². The van der Waals surface area contributed by atoms with E-state index in [2.05, 4.69) is 5.32 Å². The van der Waals surface area contributed by atoms with E-state index in [1.54, 1.807) is 12.1 Å². The van der Waals surface area contributed by atoms with Gasteiger partial charge >= 0.3 is 0 Å². The van der Waals surface area contributed by atoms with Gasteiger partial charge < -0.3 is 5.32 Å². The SMILES string of the molecule is CC(C)(C)C(=O)Nc1ccc(S(C)(=O)=O)cc1. The Morgan fingerprint density at radius 2 is 1.59 bits per heavy atom. The molecule has 17 heavy (non-hydrogen) atoms. The molecule has 1 amide bonds. The van der Waals surface area contributed by atoms with Gasteiger partial charge in [0.1, 0.15) is 0 Å². The van der Waals surface area contributed by atoms with E-state index in [0.717, 1.165) is 6.26 Å². The minimum absolute atomic E-state index is 0.107. The molecule has 1 rings (SSSR count). The predicted octanol–water partition coefficient (Wildman–Crippen LogP) is 2.07. The van der Waals surface area contributed by atoms with Crippen LogP contribution in [0.5, 0.6) is 0 Å². The molecular weight excluding hydrogens is 238 g/mol. The Labute approximate surface area is 102 Å². The molecule has 0 atom stereocenters. The molecule has 0 fully saturated rings. The lowest BCUT2D eigenvalue weighted by Crippen LogP contribution is -2.27. The zero-order valence-electron chi connectivity index (χ0n) is 10.4. The maximum Gasteiger partial charge on any atom is 0.229 e. The van der Waals surface area contributed by atoms with Gasteiger partial charge in [-0.25, -0.2) is 8.42 Å². The van der Waals surface area contributed by atoms with E-state index in [9.17, 15) is 13.2 Å². The number of hydrogen-bond acceptors (Lipinski definition) is 3. The molecule has 0 aliphatic carbocycles. The van der Waals surface area contributed by atoms with Crippen molar-refractivity contribution in [3.05, 3.63) is 24.3 Å². The Morgan fingerprint density at radius 1 is 1.12 bits per heavy atom. The fourth-order valence-electron chi connectivity index (χ4n) is 1.10. The highest BCUT2D eigenvalue weighted by molar-refractivity contribution is 7.90. The standard InChI is InChI=1S/C12H17NO3S/c1-12(2,3)11(14)13-9-5-7-10(8-6-9)17(4,15)16/h5-8H,1-4H3,(H,13,14). The monoisotopic (exact) mass is 255 g/mol. The summed E-state index contributed by atoms with van der Waals surface area (Å²) in [6, 6.07) is 6.13. The Kier molecular flexibility index (Phi) is 3.62. The normalized spacial score (nSPS) is 12.2. The lowest BCUT2D eigenvalue weighted by molar-refractivity contribution is -0.123. The zero-order chi connectivity index (χ0) is 13.3. The largest absolute Gasteiger partial charge is 0.326 e. The maximum atomic E-state index is 11.7. The highest BCUT2D eigenvalue weighted by Crippen LogP contribution is 2.18. The van der Waals surface area contributed by atoms with Gasteiger partial charge in [-0.1, -0.05) is 20.8 Å². The summed E-state index contributed by atoms with van der Waals surface area (Å²) in [5, 5.41) is 2.73. The van der Waals surface area contributed by atoms with Crippen LogP contribution < -0.4 is 5.32 Å². The predicted molar refractivity (Wildman–Crippen MR) is 67.6 cm³/mol. The first-order valence-corrected chi connectivity index (χ1v) is 7.11. The maximum absolute atomic E-state index is 11.7. The molecule has 1 N–H and O–H groups in total. The van der Waals surface area contributed by atoms with Crippen LogP contribution in [0.25, 0.3) is 0 Å². The van der Waals surface area contributed by atoms with E-state index in [1.807, 2.05) is 20.8 Å². The molecule has 0 radical (unpaired) electrons. The minimum atomic E-state index is -3.19. The van der Waals surface area contributed by atoms with E-state index in [0.29, 0.717) is 5.69 Å². The molecule has 0 saturated heterocycles. The molecular formula is C12H17NO3S. The van der Waals surface area contributed by atoms with E-state index in [1.165, 1.54) is 12.1 Å². The van der Waals surface area contributed by atoms with Crippen molar-refractivity contribution >= 4 is 21.4 Å². The first-order chi connectivity index (χ1) is 7.60. The molecule has 0 aliphatic heterocycles. The minimum Gasteiger partial charge on any atom is -0.326 e. The van der Waals surface area contributed by atoms with Crippen molar-refractivity contribution in [2.24, 2.45) is 5.41 Å². The average molecular weight is 255 g/mol. The molecule has 4 nitrogen and oxygen atoms in total. The molecule has 0 aliphatic rings. The zero-order valence-corrected chi connectivity index (χ0v) is 11.3. The van der Waals surface area contributed by atoms with Gasteiger partial charge in [0.25, 0.3) is 0 Å². The molecule has 0 spiro atoms. The Hall–Kier alpha value is -1.36. The van der Waals surface area contributed by atoms with E-state index in [4.69, 9.17) is 0 Å². The van der Waals surface area contributed by atoms with Crippen LogP contribution in [-0.4, -0.2) is 20.6 Å². The third-order valence-corrected chi connectivity index (χ3v) is 3.35. The number of benzene rings is 1. The molecule has 1 aromatic carbocycles. The van der Waals surface area contributed by atoms with Crippen molar-refractivity contribution in [1.82, 2.24) is 0 Å². The summed E-state index contributed by atoms with van der Waals surface area (Å²) in [5.41, 5.74) is 0.118. The molecule has 94 valence electrons. The lowest BCUT2D eigenvalue weighted by atomic mass is 9.95. The van der Waals surface area contributed by atoms with Crippen molar-refractivity contribution in [3.8, 4) is 0 Å². The summed E-state index contributed by atoms with van der Waals surface area (Å²) in [4.78, 5) is 11.9. The Balaban J connectivity index is 2.87. The van der Waals surface area contributed by atoms with Gasteiger partial charge in [0.15, 0.2) is 9.84 Å². The summed E-state index contributed by atoms with van der Waals surface area (Å²) in [6.07, 6.45) is 1.15. The van der Waals surface area contributed by atoms with E-state index >= 15 is 0 Å². The second-order valence-electron chi connectivity index (χ2n) is 5.00. The Bertz CT molecular complexity index is 510. The van der Waals surface area contributed by atoms with Crippen molar-refractivity contribution in [2.45, 2.75) is 25.7 Å². The van der Waals surface area contributed by atoms with Crippen LogP contribution >= 0.6 is 0 Å². The average Bonchev–Trinajstić information content (AvgIpc) is 2.15. The van der Waals surface area contributed by atoms with Gasteiger partial charge in [0.2, 0.25) is 5.91 Å². The quantitative estimate of drug-likeness (QED) is 0.880. The van der Waals surface area contributed by atoms with Gasteiger partial charge in [0, 0.05) is 17.4 Å². The topological polar surface area (TPSA) is 63.2 Å². The first-order valence-electron chi connectivity index (χ1n) is 5.22. The van der Waals surface area contributed by atoms with Crippen LogP contribution in [0.15, 0.2) is 29.2 Å². The van der Waals surface area contributed by atoms with Crippen LogP contribution in [0.1, 0.15) is 20.8 Å². The molecule has 1 aromatic rings. The highest BCUT2D eigenvalue weighted by atomic mass is 32.2. The molecule has 0 aromatic heterocycles.